The summed E-state index contributed by atoms with van der Waals surface area (Å²) in [4.78, 5) is 13.2. The van der Waals surface area contributed by atoms with E-state index in [-0.39, 0.29) is 18.9 Å². The molecule has 1 amide bonds. The molecule has 0 radical (unpaired) electrons. The number of aliphatic hydroxyl groups excluding tert-OH is 8. The first kappa shape index (κ1) is 64.1. The van der Waals surface area contributed by atoms with E-state index in [4.69, 9.17) is 18.9 Å². The third kappa shape index (κ3) is 28.4. The number of amides is 1. The van der Waals surface area contributed by atoms with Gasteiger partial charge in [-0.25, -0.2) is 0 Å². The van der Waals surface area contributed by atoms with E-state index in [0.29, 0.717) is 12.8 Å². The van der Waals surface area contributed by atoms with Crippen LogP contribution in [0, 0.1) is 0 Å². The molecule has 0 spiro atoms. The normalized spacial score (nSPS) is 26.3. The Balaban J connectivity index is 1.68. The molecule has 70 heavy (non-hydrogen) atoms. The number of carbonyl (C=O) groups is 1. The fourth-order valence-electron chi connectivity index (χ4n) is 9.03. The zero-order valence-corrected chi connectivity index (χ0v) is 43.5. The highest BCUT2D eigenvalue weighted by Crippen LogP contribution is 2.30. The van der Waals surface area contributed by atoms with Crippen LogP contribution in [-0.4, -0.2) is 140 Å². The largest absolute Gasteiger partial charge is 0.394 e. The highest BCUT2D eigenvalue weighted by Gasteiger charge is 2.51. The molecule has 2 rings (SSSR count). The Hall–Kier alpha value is -2.05. The van der Waals surface area contributed by atoms with Gasteiger partial charge in [-0.2, -0.15) is 0 Å². The molecule has 0 bridgehead atoms. The molecule has 14 heteroatoms. The Morgan fingerprint density at radius 3 is 1.49 bits per heavy atom. The van der Waals surface area contributed by atoms with E-state index in [1.807, 2.05) is 19.1 Å². The molecule has 0 aliphatic carbocycles. The summed E-state index contributed by atoms with van der Waals surface area (Å²) >= 11 is 0. The summed E-state index contributed by atoms with van der Waals surface area (Å²) in [5, 5.41) is 86.6. The zero-order chi connectivity index (χ0) is 51.0. The fourth-order valence-corrected chi connectivity index (χ4v) is 9.03. The second kappa shape index (κ2) is 42.3. The first-order valence-electron chi connectivity index (χ1n) is 27.8. The first-order chi connectivity index (χ1) is 34.1. The third-order valence-corrected chi connectivity index (χ3v) is 13.6. The molecule has 408 valence electrons. The molecule has 2 fully saturated rings. The van der Waals surface area contributed by atoms with Gasteiger partial charge in [-0.1, -0.05) is 184 Å². The summed E-state index contributed by atoms with van der Waals surface area (Å²) in [7, 11) is 0. The van der Waals surface area contributed by atoms with Gasteiger partial charge < -0.3 is 65.1 Å². The van der Waals surface area contributed by atoms with Crippen molar-refractivity contribution < 1.29 is 64.6 Å². The lowest BCUT2D eigenvalue weighted by atomic mass is 9.97. The number of carbonyl (C=O) groups excluding carboxylic acids is 1. The van der Waals surface area contributed by atoms with Crippen molar-refractivity contribution in [3.05, 3.63) is 48.6 Å². The number of aliphatic hydroxyl groups is 8. The summed E-state index contributed by atoms with van der Waals surface area (Å²) in [6, 6.07) is -0.935. The van der Waals surface area contributed by atoms with Crippen LogP contribution in [0.4, 0.5) is 0 Å². The highest BCUT2D eigenvalue weighted by molar-refractivity contribution is 5.76. The molecule has 14 nitrogen and oxygen atoms in total. The number of unbranched alkanes of at least 4 members (excludes halogenated alkanes) is 25. The number of nitrogens with one attached hydrogen (secondary N) is 1. The van der Waals surface area contributed by atoms with Gasteiger partial charge in [-0.3, -0.25) is 4.79 Å². The highest BCUT2D eigenvalue weighted by atomic mass is 16.7. The van der Waals surface area contributed by atoms with Crippen molar-refractivity contribution in [1.82, 2.24) is 5.32 Å². The molecule has 2 heterocycles. The van der Waals surface area contributed by atoms with Crippen LogP contribution in [0.25, 0.3) is 0 Å². The molecule has 12 atom stereocenters. The molecule has 2 saturated heterocycles. The van der Waals surface area contributed by atoms with Crippen molar-refractivity contribution in [2.45, 2.75) is 280 Å². The zero-order valence-electron chi connectivity index (χ0n) is 43.5. The summed E-state index contributed by atoms with van der Waals surface area (Å²) < 4.78 is 22.6. The van der Waals surface area contributed by atoms with Crippen molar-refractivity contribution in [3.8, 4) is 0 Å². The maximum Gasteiger partial charge on any atom is 0.220 e. The Morgan fingerprint density at radius 2 is 0.971 bits per heavy atom. The fraction of sp³-hybridized carbons (Fsp3) is 0.839. The number of hydrogen-bond donors (Lipinski definition) is 9. The van der Waals surface area contributed by atoms with Gasteiger partial charge in [-0.15, -0.1) is 0 Å². The van der Waals surface area contributed by atoms with Gasteiger partial charge in [0.2, 0.25) is 5.91 Å². The molecule has 9 N–H and O–H groups in total. The van der Waals surface area contributed by atoms with Crippen LogP contribution >= 0.6 is 0 Å². The van der Waals surface area contributed by atoms with E-state index < -0.39 is 86.8 Å². The quantitative estimate of drug-likeness (QED) is 0.0207. The van der Waals surface area contributed by atoms with Gasteiger partial charge in [0.15, 0.2) is 12.6 Å². The van der Waals surface area contributed by atoms with Crippen molar-refractivity contribution in [3.63, 3.8) is 0 Å². The minimum absolute atomic E-state index is 0.256. The Morgan fingerprint density at radius 1 is 0.529 bits per heavy atom. The van der Waals surface area contributed by atoms with Crippen molar-refractivity contribution in [2.75, 3.05) is 19.8 Å². The topological polar surface area (TPSA) is 228 Å². The van der Waals surface area contributed by atoms with Crippen LogP contribution in [0.2, 0.25) is 0 Å². The summed E-state index contributed by atoms with van der Waals surface area (Å²) in [6.07, 6.45) is 34.9. The lowest BCUT2D eigenvalue weighted by Crippen LogP contribution is -2.65. The molecule has 2 aliphatic rings. The Kier molecular flexibility index (Phi) is 38.7. The third-order valence-electron chi connectivity index (χ3n) is 13.6. The van der Waals surface area contributed by atoms with E-state index in [1.54, 1.807) is 6.08 Å². The van der Waals surface area contributed by atoms with E-state index >= 15 is 0 Å². The van der Waals surface area contributed by atoms with E-state index in [9.17, 15) is 45.6 Å². The molecule has 0 saturated carbocycles. The number of ether oxygens (including phenoxy) is 4. The van der Waals surface area contributed by atoms with Gasteiger partial charge in [0.25, 0.3) is 0 Å². The molecular formula is C56H101NO13. The number of rotatable bonds is 43. The van der Waals surface area contributed by atoms with Crippen LogP contribution in [-0.2, 0) is 23.7 Å². The van der Waals surface area contributed by atoms with Gasteiger partial charge in [0, 0.05) is 6.42 Å². The number of allylic oxidation sites excluding steroid dienone is 7. The van der Waals surface area contributed by atoms with Crippen LogP contribution in [0.1, 0.15) is 206 Å². The van der Waals surface area contributed by atoms with Crippen molar-refractivity contribution in [1.29, 1.82) is 0 Å². The molecule has 0 aromatic heterocycles. The summed E-state index contributed by atoms with van der Waals surface area (Å²) in [6.45, 7) is 2.52. The maximum absolute atomic E-state index is 13.2. The Labute approximate surface area is 423 Å². The van der Waals surface area contributed by atoms with Crippen molar-refractivity contribution >= 4 is 5.91 Å². The smallest absolute Gasteiger partial charge is 0.220 e. The van der Waals surface area contributed by atoms with Gasteiger partial charge >= 0.3 is 0 Å². The lowest BCUT2D eigenvalue weighted by molar-refractivity contribution is -0.359. The average Bonchev–Trinajstić information content (AvgIpc) is 3.36. The second-order valence-electron chi connectivity index (χ2n) is 19.7. The van der Waals surface area contributed by atoms with Crippen LogP contribution in [0.3, 0.4) is 0 Å². The summed E-state index contributed by atoms with van der Waals surface area (Å²) in [5.41, 5.74) is 0. The molecule has 0 aromatic carbocycles. The van der Waals surface area contributed by atoms with Gasteiger partial charge in [0.05, 0.1) is 32.0 Å². The maximum atomic E-state index is 13.2. The lowest BCUT2D eigenvalue weighted by Gasteiger charge is -2.46. The van der Waals surface area contributed by atoms with E-state index in [1.165, 1.54) is 135 Å². The van der Waals surface area contributed by atoms with Crippen molar-refractivity contribution in [2.24, 2.45) is 0 Å². The molecule has 12 unspecified atom stereocenters. The first-order valence-corrected chi connectivity index (χ1v) is 27.8. The number of hydrogen-bond acceptors (Lipinski definition) is 13. The molecule has 0 aromatic rings. The van der Waals surface area contributed by atoms with E-state index in [2.05, 4.69) is 42.6 Å². The van der Waals surface area contributed by atoms with Gasteiger partial charge in [-0.05, 0) is 64.7 Å². The van der Waals surface area contributed by atoms with Gasteiger partial charge in [0.1, 0.15) is 48.8 Å². The predicted molar refractivity (Wildman–Crippen MR) is 277 cm³/mol. The van der Waals surface area contributed by atoms with Crippen LogP contribution in [0.15, 0.2) is 48.6 Å². The predicted octanol–water partition coefficient (Wildman–Crippen LogP) is 8.44. The molecular weight excluding hydrogens is 895 g/mol. The Bertz CT molecular complexity index is 1360. The van der Waals surface area contributed by atoms with E-state index in [0.717, 1.165) is 38.5 Å². The standard InChI is InChI=1S/C56H101NO13/c1-3-5-7-9-11-13-14-15-16-17-18-19-20-21-22-23-24-25-26-27-28-29-30-32-34-36-38-40-48(61)57-44(45(60)39-37-35-33-31-12-10-8-6-4-2)43-67-55-53(66)51(64)54(47(42-59)69-55)70-56-52(65)50(63)49(62)46(41-58)68-56/h4,6,12,17-18,31,37,39,44-47,49-56,58-60,62-66H,3,5,7-11,13-16,19-30,32-36,38,40-43H2,1-2H3,(H,57,61)/b6-4+,18-17-,31-12+,39-37+. The SMILES string of the molecule is C/C=C/CC/C=C/CC/C=C/C(O)C(COC1OC(CO)C(OC2OC(CO)C(O)C(O)C2O)C(O)C1O)NC(=O)CCCCCCCCCCCCCCCCC/C=C\CCCCCCCCCC. The summed E-state index contributed by atoms with van der Waals surface area (Å²) in [5.74, 6) is -0.256. The van der Waals surface area contributed by atoms with Crippen LogP contribution in [0.5, 0.6) is 0 Å². The minimum atomic E-state index is -1.79. The molecule has 2 aliphatic heterocycles. The second-order valence-corrected chi connectivity index (χ2v) is 19.7. The van der Waals surface area contributed by atoms with Crippen LogP contribution < -0.4 is 5.32 Å². The monoisotopic (exact) mass is 996 g/mol. The minimum Gasteiger partial charge on any atom is -0.394 e. The average molecular weight is 996 g/mol.